The molecule has 0 heterocycles. The van der Waals surface area contributed by atoms with Crippen molar-refractivity contribution in [2.75, 3.05) is 0 Å². The molecule has 2 N–H and O–H groups in total. The summed E-state index contributed by atoms with van der Waals surface area (Å²) in [5.74, 6) is 1.00. The second-order valence-electron chi connectivity index (χ2n) is 4.77. The van der Waals surface area contributed by atoms with Crippen molar-refractivity contribution in [3.63, 3.8) is 0 Å². The van der Waals surface area contributed by atoms with Crippen molar-refractivity contribution >= 4 is 11.8 Å². The molecule has 0 amide bonds. The Bertz CT molecular complexity index is 536. The number of thioether (sulfide) groups is 1. The van der Waals surface area contributed by atoms with Crippen LogP contribution in [0.5, 0.6) is 0 Å². The zero-order valence-electron chi connectivity index (χ0n) is 11.6. The van der Waals surface area contributed by atoms with Gasteiger partial charge in [-0.2, -0.15) is 0 Å². The molecular weight excluding hydrogens is 250 g/mol. The number of nitrogens with two attached hydrogens (primary N) is 1. The third kappa shape index (κ3) is 3.62. The minimum absolute atomic E-state index is 0.139. The summed E-state index contributed by atoms with van der Waals surface area (Å²) in [5.41, 5.74) is 10.2. The Morgan fingerprint density at radius 1 is 1.05 bits per heavy atom. The van der Waals surface area contributed by atoms with Gasteiger partial charge >= 0.3 is 0 Å². The van der Waals surface area contributed by atoms with Gasteiger partial charge in [0.25, 0.3) is 0 Å². The normalized spacial score (nSPS) is 12.4. The van der Waals surface area contributed by atoms with E-state index < -0.39 is 0 Å². The molecule has 0 bridgehead atoms. The third-order valence-corrected chi connectivity index (χ3v) is 4.54. The van der Waals surface area contributed by atoms with Crippen molar-refractivity contribution in [2.45, 2.75) is 37.0 Å². The van der Waals surface area contributed by atoms with E-state index in [2.05, 4.69) is 62.4 Å². The van der Waals surface area contributed by atoms with E-state index >= 15 is 0 Å². The van der Waals surface area contributed by atoms with Crippen LogP contribution >= 0.6 is 11.8 Å². The lowest BCUT2D eigenvalue weighted by Crippen LogP contribution is -2.09. The van der Waals surface area contributed by atoms with Gasteiger partial charge in [0.2, 0.25) is 0 Å². The monoisotopic (exact) mass is 271 g/mol. The molecular formula is C17H21NS. The molecule has 100 valence electrons. The minimum Gasteiger partial charge on any atom is -0.324 e. The maximum atomic E-state index is 6.18. The topological polar surface area (TPSA) is 26.0 Å². The van der Waals surface area contributed by atoms with E-state index in [-0.39, 0.29) is 6.04 Å². The summed E-state index contributed by atoms with van der Waals surface area (Å²) in [6.45, 7) is 4.30. The molecule has 19 heavy (non-hydrogen) atoms. The van der Waals surface area contributed by atoms with Gasteiger partial charge in [-0.25, -0.2) is 0 Å². The molecule has 0 unspecified atom stereocenters. The van der Waals surface area contributed by atoms with Gasteiger partial charge in [-0.05, 0) is 36.1 Å². The molecule has 0 aliphatic heterocycles. The number of benzene rings is 2. The first-order chi connectivity index (χ1) is 9.22. The van der Waals surface area contributed by atoms with E-state index in [1.807, 2.05) is 11.8 Å². The molecule has 2 aromatic rings. The predicted molar refractivity (Wildman–Crippen MR) is 84.4 cm³/mol. The smallest absolute Gasteiger partial charge is 0.0303 e. The van der Waals surface area contributed by atoms with Crippen LogP contribution in [-0.4, -0.2) is 0 Å². The maximum Gasteiger partial charge on any atom is 0.0303 e. The summed E-state index contributed by atoms with van der Waals surface area (Å²) in [6, 6.07) is 17.2. The van der Waals surface area contributed by atoms with Gasteiger partial charge in [0.1, 0.15) is 0 Å². The highest BCUT2D eigenvalue weighted by molar-refractivity contribution is 7.98. The van der Waals surface area contributed by atoms with Crippen molar-refractivity contribution in [3.8, 4) is 0 Å². The van der Waals surface area contributed by atoms with E-state index in [4.69, 9.17) is 5.73 Å². The Hall–Kier alpha value is -1.25. The summed E-state index contributed by atoms with van der Waals surface area (Å²) in [4.78, 5) is 1.31. The van der Waals surface area contributed by atoms with E-state index in [0.29, 0.717) is 0 Å². The molecule has 0 aliphatic carbocycles. The largest absolute Gasteiger partial charge is 0.324 e. The Morgan fingerprint density at radius 3 is 2.47 bits per heavy atom. The Labute approximate surface area is 120 Å². The molecule has 1 atom stereocenters. The molecule has 0 saturated carbocycles. The first kappa shape index (κ1) is 14.2. The van der Waals surface area contributed by atoms with E-state index in [9.17, 15) is 0 Å². The molecule has 0 fully saturated rings. The average Bonchev–Trinajstić information content (AvgIpc) is 2.46. The summed E-state index contributed by atoms with van der Waals surface area (Å²) in [5, 5.41) is 0. The predicted octanol–water partition coefficient (Wildman–Crippen LogP) is 4.70. The standard InChI is InChI=1S/C17H21NS/c1-3-16(18)15-10-6-7-11-17(15)19-12-14-9-5-4-8-13(14)2/h4-11,16H,3,12,18H2,1-2H3/t16-/m1/s1. The zero-order valence-corrected chi connectivity index (χ0v) is 12.4. The highest BCUT2D eigenvalue weighted by Gasteiger charge is 2.09. The van der Waals surface area contributed by atoms with Crippen LogP contribution in [0.1, 0.15) is 36.1 Å². The Morgan fingerprint density at radius 2 is 1.74 bits per heavy atom. The van der Waals surface area contributed by atoms with Gasteiger partial charge in [0, 0.05) is 16.7 Å². The Kier molecular flexibility index (Phi) is 5.06. The fourth-order valence-electron chi connectivity index (χ4n) is 2.07. The number of aryl methyl sites for hydroxylation is 1. The molecule has 2 rings (SSSR count). The van der Waals surface area contributed by atoms with E-state index in [1.54, 1.807) is 0 Å². The third-order valence-electron chi connectivity index (χ3n) is 3.40. The lowest BCUT2D eigenvalue weighted by Gasteiger charge is -2.14. The highest BCUT2D eigenvalue weighted by Crippen LogP contribution is 2.30. The second-order valence-corrected chi connectivity index (χ2v) is 5.78. The molecule has 2 aromatic carbocycles. The van der Waals surface area contributed by atoms with Crippen LogP contribution in [0.25, 0.3) is 0 Å². The highest BCUT2D eigenvalue weighted by atomic mass is 32.2. The quantitative estimate of drug-likeness (QED) is 0.798. The SMILES string of the molecule is CC[C@@H](N)c1ccccc1SCc1ccccc1C. The minimum atomic E-state index is 0.139. The van der Waals surface area contributed by atoms with Gasteiger partial charge in [0.05, 0.1) is 0 Å². The first-order valence-electron chi connectivity index (χ1n) is 6.74. The van der Waals surface area contributed by atoms with Gasteiger partial charge in [-0.1, -0.05) is 49.4 Å². The number of hydrogen-bond acceptors (Lipinski definition) is 2. The van der Waals surface area contributed by atoms with Crippen molar-refractivity contribution in [3.05, 3.63) is 65.2 Å². The summed E-state index contributed by atoms with van der Waals surface area (Å²) in [6.07, 6.45) is 0.974. The van der Waals surface area contributed by atoms with Crippen LogP contribution in [0.15, 0.2) is 53.4 Å². The van der Waals surface area contributed by atoms with Crippen LogP contribution in [0.3, 0.4) is 0 Å². The lowest BCUT2D eigenvalue weighted by molar-refractivity contribution is 0.685. The molecule has 0 spiro atoms. The lowest BCUT2D eigenvalue weighted by atomic mass is 10.1. The first-order valence-corrected chi connectivity index (χ1v) is 7.72. The zero-order chi connectivity index (χ0) is 13.7. The van der Waals surface area contributed by atoms with E-state index in [1.165, 1.54) is 21.6 Å². The van der Waals surface area contributed by atoms with Gasteiger partial charge < -0.3 is 5.73 Å². The second kappa shape index (κ2) is 6.78. The fourth-order valence-corrected chi connectivity index (χ4v) is 3.26. The summed E-state index contributed by atoms with van der Waals surface area (Å²) >= 11 is 1.88. The van der Waals surface area contributed by atoms with Crippen molar-refractivity contribution in [1.82, 2.24) is 0 Å². The molecule has 0 radical (unpaired) electrons. The summed E-state index contributed by atoms with van der Waals surface area (Å²) in [7, 11) is 0. The Balaban J connectivity index is 2.14. The van der Waals surface area contributed by atoms with Gasteiger partial charge in [-0.3, -0.25) is 0 Å². The molecule has 0 aliphatic rings. The molecule has 0 saturated heterocycles. The van der Waals surface area contributed by atoms with Gasteiger partial charge in [0.15, 0.2) is 0 Å². The summed E-state index contributed by atoms with van der Waals surface area (Å²) < 4.78 is 0. The van der Waals surface area contributed by atoms with Crippen LogP contribution < -0.4 is 5.73 Å². The van der Waals surface area contributed by atoms with Crippen molar-refractivity contribution in [2.24, 2.45) is 5.73 Å². The van der Waals surface area contributed by atoms with Crippen LogP contribution in [0.4, 0.5) is 0 Å². The number of hydrogen-bond donors (Lipinski definition) is 1. The average molecular weight is 271 g/mol. The molecule has 2 heteroatoms. The van der Waals surface area contributed by atoms with Gasteiger partial charge in [-0.15, -0.1) is 11.8 Å². The van der Waals surface area contributed by atoms with Crippen LogP contribution in [0, 0.1) is 6.92 Å². The van der Waals surface area contributed by atoms with Crippen molar-refractivity contribution < 1.29 is 0 Å². The molecule has 1 nitrogen and oxygen atoms in total. The maximum absolute atomic E-state index is 6.18. The fraction of sp³-hybridized carbons (Fsp3) is 0.294. The van der Waals surface area contributed by atoms with Crippen molar-refractivity contribution in [1.29, 1.82) is 0 Å². The van der Waals surface area contributed by atoms with E-state index in [0.717, 1.165) is 12.2 Å². The molecule has 0 aromatic heterocycles. The number of rotatable bonds is 5. The van der Waals surface area contributed by atoms with Crippen LogP contribution in [0.2, 0.25) is 0 Å². The van der Waals surface area contributed by atoms with Crippen LogP contribution in [-0.2, 0) is 5.75 Å².